The van der Waals surface area contributed by atoms with Gasteiger partial charge in [-0.1, -0.05) is 55.8 Å². The summed E-state index contributed by atoms with van der Waals surface area (Å²) < 4.78 is 11.2. The van der Waals surface area contributed by atoms with Crippen LogP contribution in [0, 0.1) is 0 Å². The molecule has 0 heterocycles. The van der Waals surface area contributed by atoms with Crippen molar-refractivity contribution < 1.29 is 14.0 Å². The minimum absolute atomic E-state index is 0.457. The van der Waals surface area contributed by atoms with Crippen LogP contribution in [-0.4, -0.2) is 22.8 Å². The van der Waals surface area contributed by atoms with E-state index in [2.05, 4.69) is 31.2 Å². The fraction of sp³-hybridized carbons (Fsp3) is 0.375. The number of benzene rings is 2. The molecule has 2 aromatic rings. The summed E-state index contributed by atoms with van der Waals surface area (Å²) >= 11 is 0. The molecule has 2 rings (SSSR count). The average Bonchev–Trinajstić information content (AvgIpc) is 2.50. The highest BCUT2D eigenvalue weighted by atomic mass is 28.3. The van der Waals surface area contributed by atoms with E-state index in [1.54, 1.807) is 0 Å². The van der Waals surface area contributed by atoms with E-state index >= 15 is 0 Å². The zero-order valence-electron chi connectivity index (χ0n) is 13.0. The Kier molecular flexibility index (Phi) is 6.45. The molecule has 0 fully saturated rings. The van der Waals surface area contributed by atoms with Crippen molar-refractivity contribution >= 4 is 32.4 Å². The van der Waals surface area contributed by atoms with Crippen LogP contribution in [0.2, 0.25) is 13.1 Å². The maximum atomic E-state index is 5.84. The van der Waals surface area contributed by atoms with Gasteiger partial charge in [0.1, 0.15) is 0 Å². The predicted molar refractivity (Wildman–Crippen MR) is 89.8 cm³/mol. The number of fused-ring (bicyclic) bond motifs is 1. The molecule has 0 saturated heterocycles. The summed E-state index contributed by atoms with van der Waals surface area (Å²) in [7, 11) is -1.37. The van der Waals surface area contributed by atoms with Crippen LogP contribution in [0.5, 0.6) is 0 Å². The van der Waals surface area contributed by atoms with Crippen molar-refractivity contribution in [2.24, 2.45) is 0 Å². The second kappa shape index (κ2) is 8.34. The topological polar surface area (TPSA) is 27.7 Å². The van der Waals surface area contributed by atoms with Crippen LogP contribution < -0.4 is 5.46 Å². The molecule has 0 bridgehead atoms. The summed E-state index contributed by atoms with van der Waals surface area (Å²) in [6.45, 7) is 6.89. The first-order valence-corrected chi connectivity index (χ1v) is 9.85. The smallest absolute Gasteiger partial charge is 0.406 e. The van der Waals surface area contributed by atoms with Crippen molar-refractivity contribution in [3.8, 4) is 0 Å². The van der Waals surface area contributed by atoms with E-state index < -0.39 is 16.2 Å². The lowest BCUT2D eigenvalue weighted by molar-refractivity contribution is -0.126. The molecule has 0 aliphatic heterocycles. The molecule has 111 valence electrons. The Morgan fingerprint density at radius 3 is 2.52 bits per heavy atom. The van der Waals surface area contributed by atoms with Gasteiger partial charge in [0.15, 0.2) is 0 Å². The fourth-order valence-electron chi connectivity index (χ4n) is 2.01. The van der Waals surface area contributed by atoms with Crippen LogP contribution in [-0.2, 0) is 14.0 Å². The number of hydrogen-bond acceptors (Lipinski definition) is 3. The van der Waals surface area contributed by atoms with E-state index in [0.29, 0.717) is 6.61 Å². The van der Waals surface area contributed by atoms with Crippen LogP contribution in [0.3, 0.4) is 0 Å². The third-order valence-corrected chi connectivity index (χ3v) is 3.54. The van der Waals surface area contributed by atoms with Crippen molar-refractivity contribution in [2.75, 3.05) is 6.61 Å². The highest BCUT2D eigenvalue weighted by molar-refractivity contribution is 6.62. The molecular formula is C16H22BO3Si. The zero-order chi connectivity index (χ0) is 15.1. The third-order valence-electron chi connectivity index (χ3n) is 3.11. The Hall–Kier alpha value is -1.14. The first kappa shape index (κ1) is 16.2. The average molecular weight is 301 g/mol. The predicted octanol–water partition coefficient (Wildman–Crippen LogP) is 3.55. The van der Waals surface area contributed by atoms with Crippen molar-refractivity contribution in [3.05, 3.63) is 42.5 Å². The maximum absolute atomic E-state index is 5.84. The standard InChI is InChI=1S/C16H22BO3Si/c1-4-5-12-18-17(19-20-21(2)3)16-11-10-14-8-6-7-9-15(14)13-16/h6-11,13H,4-5,12H2,1-3H3. The van der Waals surface area contributed by atoms with Crippen molar-refractivity contribution in [1.29, 1.82) is 0 Å². The highest BCUT2D eigenvalue weighted by Crippen LogP contribution is 2.12. The van der Waals surface area contributed by atoms with Gasteiger partial charge in [0.2, 0.25) is 0 Å². The first-order valence-electron chi connectivity index (χ1n) is 7.44. The van der Waals surface area contributed by atoms with Crippen molar-refractivity contribution in [1.82, 2.24) is 0 Å². The lowest BCUT2D eigenvalue weighted by atomic mass is 9.78. The normalized spacial score (nSPS) is 11.2. The summed E-state index contributed by atoms with van der Waals surface area (Å²) in [6, 6.07) is 14.5. The molecule has 5 heteroatoms. The van der Waals surface area contributed by atoms with Gasteiger partial charge in [-0.05, 0) is 35.8 Å². The summed E-state index contributed by atoms with van der Waals surface area (Å²) in [5.41, 5.74) is 0.994. The molecule has 0 aromatic heterocycles. The molecule has 3 nitrogen and oxygen atoms in total. The lowest BCUT2D eigenvalue weighted by Crippen LogP contribution is -2.38. The van der Waals surface area contributed by atoms with E-state index in [9.17, 15) is 0 Å². The van der Waals surface area contributed by atoms with E-state index in [1.165, 1.54) is 10.8 Å². The molecule has 2 aromatic carbocycles. The molecule has 0 amide bonds. The second-order valence-corrected chi connectivity index (χ2v) is 7.23. The molecule has 0 aliphatic rings. The molecule has 0 atom stereocenters. The SMILES string of the molecule is CCCCOB(OO[Si](C)C)c1ccc2ccccc2c1. The van der Waals surface area contributed by atoms with Gasteiger partial charge in [0.25, 0.3) is 9.04 Å². The summed E-state index contributed by atoms with van der Waals surface area (Å²) in [5.74, 6) is 0. The van der Waals surface area contributed by atoms with Crippen LogP contribution in [0.15, 0.2) is 42.5 Å². The Balaban J connectivity index is 2.15. The molecule has 21 heavy (non-hydrogen) atoms. The number of unbranched alkanes of at least 4 members (excludes halogenated alkanes) is 1. The van der Waals surface area contributed by atoms with E-state index in [1.807, 2.05) is 31.3 Å². The van der Waals surface area contributed by atoms with Gasteiger partial charge in [-0.25, -0.2) is 0 Å². The van der Waals surface area contributed by atoms with Gasteiger partial charge in [-0.3, -0.25) is 9.38 Å². The van der Waals surface area contributed by atoms with E-state index in [-0.39, 0.29) is 0 Å². The van der Waals surface area contributed by atoms with Crippen molar-refractivity contribution in [2.45, 2.75) is 32.9 Å². The van der Waals surface area contributed by atoms with Gasteiger partial charge in [-0.15, -0.1) is 0 Å². The minimum Gasteiger partial charge on any atom is -0.406 e. The van der Waals surface area contributed by atoms with Gasteiger partial charge >= 0.3 is 7.12 Å². The van der Waals surface area contributed by atoms with Crippen LogP contribution in [0.4, 0.5) is 0 Å². The van der Waals surface area contributed by atoms with Crippen LogP contribution in [0.25, 0.3) is 10.8 Å². The molecule has 0 N–H and O–H groups in total. The maximum Gasteiger partial charge on any atom is 0.523 e. The van der Waals surface area contributed by atoms with Gasteiger partial charge in [0, 0.05) is 6.61 Å². The monoisotopic (exact) mass is 301 g/mol. The van der Waals surface area contributed by atoms with Crippen LogP contribution >= 0.6 is 0 Å². The van der Waals surface area contributed by atoms with Gasteiger partial charge in [0.05, 0.1) is 0 Å². The second-order valence-electron chi connectivity index (χ2n) is 5.25. The summed E-state index contributed by atoms with van der Waals surface area (Å²) in [5, 5.41) is 2.39. The summed E-state index contributed by atoms with van der Waals surface area (Å²) in [6.07, 6.45) is 2.12. The van der Waals surface area contributed by atoms with E-state index in [0.717, 1.165) is 18.3 Å². The molecular weight excluding hydrogens is 279 g/mol. The quantitative estimate of drug-likeness (QED) is 0.323. The fourth-order valence-corrected chi connectivity index (χ4v) is 2.29. The van der Waals surface area contributed by atoms with E-state index in [4.69, 9.17) is 14.0 Å². The lowest BCUT2D eigenvalue weighted by Gasteiger charge is -2.16. The van der Waals surface area contributed by atoms with Crippen LogP contribution in [0.1, 0.15) is 19.8 Å². The molecule has 1 radical (unpaired) electrons. The Morgan fingerprint density at radius 2 is 1.81 bits per heavy atom. The molecule has 0 unspecified atom stereocenters. The van der Waals surface area contributed by atoms with Crippen molar-refractivity contribution in [3.63, 3.8) is 0 Å². The molecule has 0 aliphatic carbocycles. The number of rotatable bonds is 8. The molecule has 0 saturated carbocycles. The Labute approximate surface area is 129 Å². The van der Waals surface area contributed by atoms with Gasteiger partial charge in [-0.2, -0.15) is 0 Å². The zero-order valence-corrected chi connectivity index (χ0v) is 14.0. The third kappa shape index (κ3) is 4.97. The Bertz CT molecular complexity index is 562. The Morgan fingerprint density at radius 1 is 1.05 bits per heavy atom. The molecule has 0 spiro atoms. The largest absolute Gasteiger partial charge is 0.523 e. The first-order chi connectivity index (χ1) is 10.2. The minimum atomic E-state index is -0.911. The number of hydrogen-bond donors (Lipinski definition) is 0. The highest BCUT2D eigenvalue weighted by Gasteiger charge is 2.23. The summed E-state index contributed by atoms with van der Waals surface area (Å²) in [4.78, 5) is 5.51. The van der Waals surface area contributed by atoms with Gasteiger partial charge < -0.3 is 4.65 Å².